The highest BCUT2D eigenvalue weighted by molar-refractivity contribution is 5.99. The van der Waals surface area contributed by atoms with Crippen molar-refractivity contribution in [3.8, 4) is 0 Å². The van der Waals surface area contributed by atoms with Crippen molar-refractivity contribution in [3.05, 3.63) is 51.3 Å². The Morgan fingerprint density at radius 1 is 1.52 bits per heavy atom. The number of benzene rings is 1. The second-order valence-corrected chi connectivity index (χ2v) is 4.62. The monoisotopic (exact) mass is 289 g/mol. The van der Waals surface area contributed by atoms with E-state index in [9.17, 15) is 14.9 Å². The minimum absolute atomic E-state index is 0.0887. The maximum atomic E-state index is 12.1. The van der Waals surface area contributed by atoms with Gasteiger partial charge in [0.2, 0.25) is 0 Å². The molecule has 0 atom stereocenters. The maximum Gasteiger partial charge on any atom is 0.270 e. The topological polar surface area (TPSA) is 116 Å². The van der Waals surface area contributed by atoms with Gasteiger partial charge in [-0.25, -0.2) is 0 Å². The number of amides is 1. The van der Waals surface area contributed by atoms with Gasteiger partial charge in [0.25, 0.3) is 11.6 Å². The van der Waals surface area contributed by atoms with Gasteiger partial charge in [-0.15, -0.1) is 0 Å². The number of nitro groups is 1. The Balaban J connectivity index is 2.15. The number of carbonyl (C=O) groups excluding carboxylic acids is 1. The molecule has 2 aromatic rings. The Hall–Kier alpha value is -2.90. The van der Waals surface area contributed by atoms with E-state index in [1.54, 1.807) is 17.9 Å². The van der Waals surface area contributed by atoms with Crippen molar-refractivity contribution < 1.29 is 9.72 Å². The van der Waals surface area contributed by atoms with Crippen LogP contribution in [0.25, 0.3) is 0 Å². The van der Waals surface area contributed by atoms with Crippen molar-refractivity contribution >= 4 is 17.3 Å². The molecular formula is C13H15N5O3. The molecule has 21 heavy (non-hydrogen) atoms. The van der Waals surface area contributed by atoms with Crippen molar-refractivity contribution in [3.63, 3.8) is 0 Å². The molecule has 1 amide bonds. The van der Waals surface area contributed by atoms with E-state index >= 15 is 0 Å². The lowest BCUT2D eigenvalue weighted by molar-refractivity contribution is -0.384. The van der Waals surface area contributed by atoms with Gasteiger partial charge in [0.15, 0.2) is 0 Å². The predicted octanol–water partition coefficient (Wildman–Crippen LogP) is 1.15. The number of nitrogen functional groups attached to an aromatic ring is 1. The van der Waals surface area contributed by atoms with Gasteiger partial charge in [-0.05, 0) is 13.0 Å². The Bertz CT molecular complexity index is 708. The highest BCUT2D eigenvalue weighted by Crippen LogP contribution is 2.19. The van der Waals surface area contributed by atoms with Crippen LogP contribution in [-0.4, -0.2) is 20.6 Å². The molecule has 1 aromatic carbocycles. The van der Waals surface area contributed by atoms with Crippen LogP contribution < -0.4 is 11.1 Å². The molecule has 0 aliphatic carbocycles. The zero-order valence-corrected chi connectivity index (χ0v) is 11.7. The molecule has 0 aliphatic rings. The van der Waals surface area contributed by atoms with Crippen LogP contribution in [0.15, 0.2) is 24.4 Å². The second kappa shape index (κ2) is 5.61. The average Bonchev–Trinajstić information content (AvgIpc) is 2.74. The van der Waals surface area contributed by atoms with E-state index in [0.717, 1.165) is 11.3 Å². The lowest BCUT2D eigenvalue weighted by Gasteiger charge is -2.07. The number of hydrogen-bond donors (Lipinski definition) is 2. The zero-order chi connectivity index (χ0) is 15.6. The number of aromatic nitrogens is 2. The average molecular weight is 289 g/mol. The standard InChI is InChI=1S/C13H15N5O3/c1-8-9(7-17(2)16-8)6-15-13(19)11-5-10(18(20)21)3-4-12(11)14/h3-5,7H,6,14H2,1-2H3,(H,15,19). The normalized spacial score (nSPS) is 10.4. The fraction of sp³-hybridized carbons (Fsp3) is 0.231. The summed E-state index contributed by atoms with van der Waals surface area (Å²) in [7, 11) is 1.79. The smallest absolute Gasteiger partial charge is 0.270 e. The van der Waals surface area contributed by atoms with Gasteiger partial charge in [0, 0.05) is 43.2 Å². The lowest BCUT2D eigenvalue weighted by Crippen LogP contribution is -2.24. The number of non-ortho nitro benzene ring substituents is 1. The SMILES string of the molecule is Cc1nn(C)cc1CNC(=O)c1cc([N+](=O)[O-])ccc1N. The summed E-state index contributed by atoms with van der Waals surface area (Å²) in [5.74, 6) is -0.459. The predicted molar refractivity (Wildman–Crippen MR) is 76.6 cm³/mol. The molecule has 0 saturated carbocycles. The molecule has 1 aromatic heterocycles. The van der Waals surface area contributed by atoms with Gasteiger partial charge in [-0.1, -0.05) is 0 Å². The molecular weight excluding hydrogens is 274 g/mol. The van der Waals surface area contributed by atoms with E-state index < -0.39 is 10.8 Å². The fourth-order valence-corrected chi connectivity index (χ4v) is 1.95. The van der Waals surface area contributed by atoms with Crippen LogP contribution in [0.2, 0.25) is 0 Å². The molecule has 3 N–H and O–H groups in total. The van der Waals surface area contributed by atoms with Crippen LogP contribution in [0.4, 0.5) is 11.4 Å². The minimum Gasteiger partial charge on any atom is -0.398 e. The van der Waals surface area contributed by atoms with Gasteiger partial charge >= 0.3 is 0 Å². The van der Waals surface area contributed by atoms with Crippen molar-refractivity contribution in [1.82, 2.24) is 15.1 Å². The number of hydrogen-bond acceptors (Lipinski definition) is 5. The molecule has 0 saturated heterocycles. The molecule has 8 nitrogen and oxygen atoms in total. The zero-order valence-electron chi connectivity index (χ0n) is 11.7. The summed E-state index contributed by atoms with van der Waals surface area (Å²) in [6, 6.07) is 3.78. The number of nitro benzene ring substituents is 1. The van der Waals surface area contributed by atoms with Crippen molar-refractivity contribution in [2.45, 2.75) is 13.5 Å². The van der Waals surface area contributed by atoms with Crippen LogP contribution in [-0.2, 0) is 13.6 Å². The van der Waals surface area contributed by atoms with E-state index in [-0.39, 0.29) is 23.5 Å². The quantitative estimate of drug-likeness (QED) is 0.497. The molecule has 2 rings (SSSR count). The number of rotatable bonds is 4. The van der Waals surface area contributed by atoms with Crippen molar-refractivity contribution in [2.24, 2.45) is 7.05 Å². The summed E-state index contributed by atoms with van der Waals surface area (Å²) in [5.41, 5.74) is 7.48. The first-order valence-corrected chi connectivity index (χ1v) is 6.19. The summed E-state index contributed by atoms with van der Waals surface area (Å²) in [6.07, 6.45) is 1.80. The van der Waals surface area contributed by atoms with Gasteiger partial charge in [-0.3, -0.25) is 19.6 Å². The van der Waals surface area contributed by atoms with Crippen LogP contribution in [0, 0.1) is 17.0 Å². The first kappa shape index (κ1) is 14.5. The summed E-state index contributed by atoms with van der Waals surface area (Å²) in [6.45, 7) is 2.11. The second-order valence-electron chi connectivity index (χ2n) is 4.62. The number of nitrogens with zero attached hydrogens (tertiary/aromatic N) is 3. The Morgan fingerprint density at radius 2 is 2.24 bits per heavy atom. The van der Waals surface area contributed by atoms with E-state index in [1.807, 2.05) is 6.92 Å². The first-order valence-electron chi connectivity index (χ1n) is 6.19. The maximum absolute atomic E-state index is 12.1. The molecule has 0 bridgehead atoms. The molecule has 0 unspecified atom stereocenters. The van der Waals surface area contributed by atoms with E-state index in [4.69, 9.17) is 5.73 Å². The van der Waals surface area contributed by atoms with E-state index in [0.29, 0.717) is 0 Å². The lowest BCUT2D eigenvalue weighted by atomic mass is 10.1. The molecule has 0 spiro atoms. The van der Waals surface area contributed by atoms with E-state index in [1.165, 1.54) is 18.2 Å². The number of aryl methyl sites for hydroxylation is 2. The number of nitrogens with one attached hydrogen (secondary N) is 1. The molecule has 0 radical (unpaired) electrons. The fourth-order valence-electron chi connectivity index (χ4n) is 1.95. The molecule has 0 fully saturated rings. The van der Waals surface area contributed by atoms with E-state index in [2.05, 4.69) is 10.4 Å². The first-order chi connectivity index (χ1) is 9.88. The summed E-state index contributed by atoms with van der Waals surface area (Å²) in [4.78, 5) is 22.3. The van der Waals surface area contributed by atoms with Gasteiger partial charge in [-0.2, -0.15) is 5.10 Å². The molecule has 1 heterocycles. The van der Waals surface area contributed by atoms with Gasteiger partial charge in [0.1, 0.15) is 0 Å². The summed E-state index contributed by atoms with van der Waals surface area (Å²) in [5, 5.41) is 17.6. The number of anilines is 1. The molecule has 110 valence electrons. The Kier molecular flexibility index (Phi) is 3.88. The highest BCUT2D eigenvalue weighted by Gasteiger charge is 2.15. The molecule has 0 aliphatic heterocycles. The van der Waals surface area contributed by atoms with Crippen LogP contribution >= 0.6 is 0 Å². The van der Waals surface area contributed by atoms with Crippen LogP contribution in [0.3, 0.4) is 0 Å². The van der Waals surface area contributed by atoms with Crippen molar-refractivity contribution in [2.75, 3.05) is 5.73 Å². The summed E-state index contributed by atoms with van der Waals surface area (Å²) >= 11 is 0. The number of nitrogens with two attached hydrogens (primary N) is 1. The summed E-state index contributed by atoms with van der Waals surface area (Å²) < 4.78 is 1.65. The third kappa shape index (κ3) is 3.16. The number of carbonyl (C=O) groups is 1. The van der Waals surface area contributed by atoms with Gasteiger partial charge in [0.05, 0.1) is 16.2 Å². The Morgan fingerprint density at radius 3 is 2.81 bits per heavy atom. The van der Waals surface area contributed by atoms with Crippen LogP contribution in [0.1, 0.15) is 21.6 Å². The third-order valence-electron chi connectivity index (χ3n) is 3.05. The molecule has 8 heteroatoms. The van der Waals surface area contributed by atoms with Crippen molar-refractivity contribution in [1.29, 1.82) is 0 Å². The third-order valence-corrected chi connectivity index (χ3v) is 3.05. The van der Waals surface area contributed by atoms with Crippen LogP contribution in [0.5, 0.6) is 0 Å². The minimum atomic E-state index is -0.568. The largest absolute Gasteiger partial charge is 0.398 e. The Labute approximate surface area is 120 Å². The highest BCUT2D eigenvalue weighted by atomic mass is 16.6. The van der Waals surface area contributed by atoms with Gasteiger partial charge < -0.3 is 11.1 Å².